The second-order valence-corrected chi connectivity index (χ2v) is 16.8. The fourth-order valence-corrected chi connectivity index (χ4v) is 11.8. The molecule has 5 nitrogen and oxygen atoms in total. The molecule has 6 heteroatoms. The first-order valence-electron chi connectivity index (χ1n) is 14.6. The molecule has 2 saturated carbocycles. The maximum Gasteiger partial charge on any atom is 0.338 e. The van der Waals surface area contributed by atoms with Gasteiger partial charge in [-0.1, -0.05) is 99.6 Å². The summed E-state index contributed by atoms with van der Waals surface area (Å²) in [6, 6.07) is 30.0. The lowest BCUT2D eigenvalue weighted by Crippen LogP contribution is -2.68. The normalized spacial score (nSPS) is 27.0. The number of aliphatic hydroxyl groups excluding tert-OH is 1. The van der Waals surface area contributed by atoms with Crippen molar-refractivity contribution < 1.29 is 24.2 Å². The van der Waals surface area contributed by atoms with E-state index in [-0.39, 0.29) is 16.9 Å². The molecular formula is C34H42O5Si. The predicted octanol–water partition coefficient (Wildman–Crippen LogP) is 5.09. The van der Waals surface area contributed by atoms with Crippen LogP contribution >= 0.6 is 0 Å². The third-order valence-corrected chi connectivity index (χ3v) is 14.2. The molecule has 0 aliphatic heterocycles. The molecule has 40 heavy (non-hydrogen) atoms. The molecule has 0 bridgehead atoms. The number of rotatable bonds is 7. The van der Waals surface area contributed by atoms with Crippen LogP contribution in [0.5, 0.6) is 0 Å². The van der Waals surface area contributed by atoms with E-state index in [0.717, 1.165) is 19.3 Å². The number of esters is 1. The number of carbonyl (C=O) groups is 1. The van der Waals surface area contributed by atoms with E-state index in [1.54, 1.807) is 24.3 Å². The molecule has 5 rings (SSSR count). The SMILES string of the molecule is CC(C)(C)[Si](OC[C@@H]1CC[C@@H](O)[C@@]2(O)C1CCC[C@@H]2OC(=O)c1ccccc1)(c1ccccc1)c1ccccc1. The summed E-state index contributed by atoms with van der Waals surface area (Å²) < 4.78 is 13.2. The molecule has 2 aliphatic carbocycles. The Hall–Kier alpha value is -2.77. The van der Waals surface area contributed by atoms with Crippen molar-refractivity contribution in [1.82, 2.24) is 0 Å². The number of aliphatic hydroxyl groups is 2. The fraction of sp³-hybridized carbons (Fsp3) is 0.441. The average molecular weight is 559 g/mol. The van der Waals surface area contributed by atoms with Crippen LogP contribution in [0.15, 0.2) is 91.0 Å². The Kier molecular flexibility index (Phi) is 8.34. The first-order valence-corrected chi connectivity index (χ1v) is 16.5. The van der Waals surface area contributed by atoms with E-state index >= 15 is 0 Å². The van der Waals surface area contributed by atoms with Gasteiger partial charge in [0.1, 0.15) is 11.7 Å². The molecule has 0 aromatic heterocycles. The van der Waals surface area contributed by atoms with Crippen molar-refractivity contribution in [3.05, 3.63) is 96.6 Å². The van der Waals surface area contributed by atoms with Crippen LogP contribution in [0.3, 0.4) is 0 Å². The highest BCUT2D eigenvalue weighted by molar-refractivity contribution is 6.99. The molecule has 2 N–H and O–H groups in total. The topological polar surface area (TPSA) is 76.0 Å². The zero-order chi connectivity index (χ0) is 28.4. The van der Waals surface area contributed by atoms with Gasteiger partial charge in [-0.2, -0.15) is 0 Å². The number of hydrogen-bond acceptors (Lipinski definition) is 5. The van der Waals surface area contributed by atoms with Gasteiger partial charge in [-0.15, -0.1) is 0 Å². The van der Waals surface area contributed by atoms with Crippen molar-refractivity contribution in [2.24, 2.45) is 11.8 Å². The molecule has 2 fully saturated rings. The summed E-state index contributed by atoms with van der Waals surface area (Å²) in [4.78, 5) is 13.0. The zero-order valence-electron chi connectivity index (χ0n) is 23.8. The Morgan fingerprint density at radius 1 is 0.850 bits per heavy atom. The fourth-order valence-electron chi connectivity index (χ4n) is 7.22. The van der Waals surface area contributed by atoms with Gasteiger partial charge in [0, 0.05) is 6.61 Å². The van der Waals surface area contributed by atoms with Crippen LogP contribution in [0, 0.1) is 11.8 Å². The first-order chi connectivity index (χ1) is 19.2. The molecule has 0 amide bonds. The van der Waals surface area contributed by atoms with Crippen molar-refractivity contribution in [2.75, 3.05) is 6.61 Å². The van der Waals surface area contributed by atoms with E-state index in [1.807, 2.05) is 18.2 Å². The number of ether oxygens (including phenoxy) is 1. The van der Waals surface area contributed by atoms with Crippen molar-refractivity contribution in [1.29, 1.82) is 0 Å². The Morgan fingerprint density at radius 3 is 1.95 bits per heavy atom. The van der Waals surface area contributed by atoms with Crippen LogP contribution in [0.2, 0.25) is 5.04 Å². The van der Waals surface area contributed by atoms with E-state index in [4.69, 9.17) is 9.16 Å². The van der Waals surface area contributed by atoms with Crippen molar-refractivity contribution in [2.45, 2.75) is 75.7 Å². The third-order valence-electron chi connectivity index (χ3n) is 9.19. The largest absolute Gasteiger partial charge is 0.456 e. The van der Waals surface area contributed by atoms with Gasteiger partial charge in [0.25, 0.3) is 8.32 Å². The quantitative estimate of drug-likeness (QED) is 0.312. The molecule has 3 aromatic carbocycles. The van der Waals surface area contributed by atoms with Crippen molar-refractivity contribution in [3.8, 4) is 0 Å². The van der Waals surface area contributed by atoms with Crippen LogP contribution < -0.4 is 10.4 Å². The number of hydrogen-bond donors (Lipinski definition) is 2. The van der Waals surface area contributed by atoms with E-state index in [1.165, 1.54) is 10.4 Å². The number of benzene rings is 3. The molecule has 1 unspecified atom stereocenters. The molecule has 0 heterocycles. The standard InChI is InChI=1S/C34H42O5Si/c1-33(2,3)40(27-16-9-5-10-17-27,28-18-11-6-12-19-28)38-24-26-22-23-30(35)34(37)29(26)20-13-21-31(34)39-32(36)25-14-7-4-8-15-25/h4-12,14-19,26,29-31,35,37H,13,20-24H2,1-3H3/t26-,29?,30+,31-,34-/m0/s1. The summed E-state index contributed by atoms with van der Waals surface area (Å²) in [6.45, 7) is 7.27. The highest BCUT2D eigenvalue weighted by atomic mass is 28.4. The van der Waals surface area contributed by atoms with Gasteiger partial charge < -0.3 is 19.4 Å². The van der Waals surface area contributed by atoms with Gasteiger partial charge in [-0.3, -0.25) is 0 Å². The second kappa shape index (κ2) is 11.6. The molecule has 3 aromatic rings. The van der Waals surface area contributed by atoms with Crippen LogP contribution in [-0.2, 0) is 9.16 Å². The van der Waals surface area contributed by atoms with Crippen molar-refractivity contribution >= 4 is 24.7 Å². The van der Waals surface area contributed by atoms with Gasteiger partial charge in [0.2, 0.25) is 0 Å². The summed E-state index contributed by atoms with van der Waals surface area (Å²) in [7, 11) is -2.75. The third kappa shape index (κ3) is 5.18. The minimum Gasteiger partial charge on any atom is -0.456 e. The lowest BCUT2D eigenvalue weighted by Gasteiger charge is -2.54. The van der Waals surface area contributed by atoms with Crippen LogP contribution in [0.4, 0.5) is 0 Å². The lowest BCUT2D eigenvalue weighted by molar-refractivity contribution is -0.226. The highest BCUT2D eigenvalue weighted by Gasteiger charge is 2.58. The second-order valence-electron chi connectivity index (χ2n) is 12.5. The Balaban J connectivity index is 1.44. The van der Waals surface area contributed by atoms with E-state index in [9.17, 15) is 15.0 Å². The Labute approximate surface area is 239 Å². The molecule has 0 radical (unpaired) electrons. The van der Waals surface area contributed by atoms with Gasteiger partial charge >= 0.3 is 5.97 Å². The predicted molar refractivity (Wildman–Crippen MR) is 160 cm³/mol. The molecule has 2 aliphatic rings. The molecule has 212 valence electrons. The molecule has 0 saturated heterocycles. The summed E-state index contributed by atoms with van der Waals surface area (Å²) in [5.41, 5.74) is -1.05. The molecular weight excluding hydrogens is 516 g/mol. The summed E-state index contributed by atoms with van der Waals surface area (Å²) in [5.74, 6) is -0.650. The van der Waals surface area contributed by atoms with Gasteiger partial charge in [-0.05, 0) is 71.5 Å². The Morgan fingerprint density at radius 2 is 1.40 bits per heavy atom. The molecule has 5 atom stereocenters. The monoisotopic (exact) mass is 558 g/mol. The summed E-state index contributed by atoms with van der Waals surface area (Å²) >= 11 is 0. The van der Waals surface area contributed by atoms with Gasteiger partial charge in [0.15, 0.2) is 0 Å². The summed E-state index contributed by atoms with van der Waals surface area (Å²) in [6.07, 6.45) is 1.61. The zero-order valence-corrected chi connectivity index (χ0v) is 24.8. The van der Waals surface area contributed by atoms with Crippen LogP contribution in [0.1, 0.15) is 63.2 Å². The van der Waals surface area contributed by atoms with E-state index in [2.05, 4.69) is 69.3 Å². The van der Waals surface area contributed by atoms with Gasteiger partial charge in [-0.25, -0.2) is 4.79 Å². The number of carbonyl (C=O) groups excluding carboxylic acids is 1. The first kappa shape index (κ1) is 28.7. The van der Waals surface area contributed by atoms with Crippen molar-refractivity contribution in [3.63, 3.8) is 0 Å². The van der Waals surface area contributed by atoms with E-state index in [0.29, 0.717) is 25.0 Å². The maximum absolute atomic E-state index is 13.0. The van der Waals surface area contributed by atoms with Crippen LogP contribution in [0.25, 0.3) is 0 Å². The minimum absolute atomic E-state index is 0.0354. The van der Waals surface area contributed by atoms with E-state index < -0.39 is 32.1 Å². The van der Waals surface area contributed by atoms with Crippen LogP contribution in [-0.4, -0.2) is 48.9 Å². The number of fused-ring (bicyclic) bond motifs is 1. The Bertz CT molecular complexity index is 1220. The summed E-state index contributed by atoms with van der Waals surface area (Å²) in [5, 5.41) is 25.6. The minimum atomic E-state index is -2.75. The highest BCUT2D eigenvalue weighted by Crippen LogP contribution is 2.49. The lowest BCUT2D eigenvalue weighted by atomic mass is 9.60. The van der Waals surface area contributed by atoms with Gasteiger partial charge in [0.05, 0.1) is 11.7 Å². The maximum atomic E-state index is 13.0. The molecule has 0 spiro atoms. The smallest absolute Gasteiger partial charge is 0.338 e. The average Bonchev–Trinajstić information content (AvgIpc) is 2.96.